The maximum Gasteiger partial charge on any atom is 0.127 e. The highest BCUT2D eigenvalue weighted by atomic mass is 79.9. The fourth-order valence-electron chi connectivity index (χ4n) is 0.886. The lowest BCUT2D eigenvalue weighted by atomic mass is 10.2. The zero-order valence-corrected chi connectivity index (χ0v) is 8.07. The van der Waals surface area contributed by atoms with Crippen LogP contribution in [0.3, 0.4) is 0 Å². The molecule has 1 aromatic carbocycles. The molecular formula is C8H10BrFN2. The van der Waals surface area contributed by atoms with Gasteiger partial charge in [-0.05, 0) is 18.2 Å². The molecule has 0 saturated carbocycles. The molecule has 0 fully saturated rings. The van der Waals surface area contributed by atoms with Crippen LogP contribution in [0.5, 0.6) is 0 Å². The molecule has 4 heteroatoms. The summed E-state index contributed by atoms with van der Waals surface area (Å²) in [6, 6.07) is 4.83. The number of hydrogen-bond acceptors (Lipinski definition) is 2. The lowest BCUT2D eigenvalue weighted by Crippen LogP contribution is -2.22. The summed E-state index contributed by atoms with van der Waals surface area (Å²) in [4.78, 5) is 0. The predicted octanol–water partition coefficient (Wildman–Crippen LogP) is 1.59. The van der Waals surface area contributed by atoms with Gasteiger partial charge in [-0.25, -0.2) is 4.39 Å². The normalized spacial score (nSPS) is 10.2. The molecule has 1 rings (SSSR count). The summed E-state index contributed by atoms with van der Waals surface area (Å²) in [5.41, 5.74) is 5.84. The zero-order chi connectivity index (χ0) is 8.97. The van der Waals surface area contributed by atoms with E-state index in [0.29, 0.717) is 18.8 Å². The van der Waals surface area contributed by atoms with Crippen molar-refractivity contribution in [3.05, 3.63) is 34.1 Å². The van der Waals surface area contributed by atoms with Crippen LogP contribution in [0.2, 0.25) is 0 Å². The van der Waals surface area contributed by atoms with Gasteiger partial charge in [0.15, 0.2) is 0 Å². The van der Waals surface area contributed by atoms with Gasteiger partial charge in [-0.3, -0.25) is 0 Å². The van der Waals surface area contributed by atoms with Crippen LogP contribution >= 0.6 is 15.9 Å². The second-order valence-electron chi connectivity index (χ2n) is 2.37. The maximum absolute atomic E-state index is 13.0. The van der Waals surface area contributed by atoms with E-state index in [0.717, 1.165) is 4.47 Å². The Morgan fingerprint density at radius 1 is 1.50 bits per heavy atom. The second kappa shape index (κ2) is 4.54. The minimum atomic E-state index is -0.209. The molecule has 0 saturated heterocycles. The molecule has 12 heavy (non-hydrogen) atoms. The number of nitrogens with two attached hydrogens (primary N) is 1. The first-order valence-electron chi connectivity index (χ1n) is 3.58. The molecule has 0 aromatic heterocycles. The summed E-state index contributed by atoms with van der Waals surface area (Å²) >= 11 is 3.26. The van der Waals surface area contributed by atoms with Crippen LogP contribution in [0.1, 0.15) is 5.56 Å². The van der Waals surface area contributed by atoms with Crippen LogP contribution in [-0.4, -0.2) is 6.67 Å². The summed E-state index contributed by atoms with van der Waals surface area (Å²) in [6.45, 7) is 0.813. The Balaban J connectivity index is 2.75. The summed E-state index contributed by atoms with van der Waals surface area (Å²) in [5.74, 6) is -0.209. The van der Waals surface area contributed by atoms with E-state index in [-0.39, 0.29) is 5.82 Å². The van der Waals surface area contributed by atoms with Crippen LogP contribution in [0, 0.1) is 5.82 Å². The highest BCUT2D eigenvalue weighted by molar-refractivity contribution is 9.10. The average molecular weight is 233 g/mol. The topological polar surface area (TPSA) is 38.0 Å². The van der Waals surface area contributed by atoms with Crippen molar-refractivity contribution < 1.29 is 4.39 Å². The van der Waals surface area contributed by atoms with Crippen LogP contribution in [0.4, 0.5) is 4.39 Å². The van der Waals surface area contributed by atoms with Crippen molar-refractivity contribution in [3.8, 4) is 0 Å². The molecule has 0 spiro atoms. The van der Waals surface area contributed by atoms with Crippen molar-refractivity contribution in [3.63, 3.8) is 0 Å². The Hall–Kier alpha value is -0.450. The third-order valence-electron chi connectivity index (χ3n) is 1.47. The number of rotatable bonds is 3. The first kappa shape index (κ1) is 9.64. The third kappa shape index (κ3) is 2.55. The van der Waals surface area contributed by atoms with Gasteiger partial charge in [0.2, 0.25) is 0 Å². The lowest BCUT2D eigenvalue weighted by molar-refractivity contribution is 0.591. The molecular weight excluding hydrogens is 223 g/mol. The number of nitrogens with one attached hydrogen (secondary N) is 1. The average Bonchev–Trinajstić information content (AvgIpc) is 2.07. The Kier molecular flexibility index (Phi) is 3.65. The number of halogens is 2. The van der Waals surface area contributed by atoms with E-state index in [1.807, 2.05) is 0 Å². The van der Waals surface area contributed by atoms with Gasteiger partial charge in [0.1, 0.15) is 5.82 Å². The van der Waals surface area contributed by atoms with Gasteiger partial charge in [-0.15, -0.1) is 0 Å². The summed E-state index contributed by atoms with van der Waals surface area (Å²) in [6.07, 6.45) is 0. The van der Waals surface area contributed by atoms with Crippen LogP contribution in [0.25, 0.3) is 0 Å². The van der Waals surface area contributed by atoms with Crippen LogP contribution in [0.15, 0.2) is 22.7 Å². The first-order valence-corrected chi connectivity index (χ1v) is 4.38. The molecule has 0 aliphatic heterocycles. The van der Waals surface area contributed by atoms with E-state index in [1.165, 1.54) is 6.07 Å². The third-order valence-corrected chi connectivity index (χ3v) is 1.96. The molecule has 0 aliphatic carbocycles. The van der Waals surface area contributed by atoms with Crippen molar-refractivity contribution in [1.82, 2.24) is 5.32 Å². The second-order valence-corrected chi connectivity index (χ2v) is 3.28. The van der Waals surface area contributed by atoms with Crippen molar-refractivity contribution in [1.29, 1.82) is 0 Å². The SMILES string of the molecule is NCNCc1cc(Br)ccc1F. The van der Waals surface area contributed by atoms with Crippen molar-refractivity contribution >= 4 is 15.9 Å². The van der Waals surface area contributed by atoms with Gasteiger partial charge < -0.3 is 11.1 Å². The van der Waals surface area contributed by atoms with E-state index >= 15 is 0 Å². The molecule has 66 valence electrons. The smallest absolute Gasteiger partial charge is 0.127 e. The first-order chi connectivity index (χ1) is 5.74. The lowest BCUT2D eigenvalue weighted by Gasteiger charge is -2.03. The fraction of sp³-hybridized carbons (Fsp3) is 0.250. The molecule has 3 N–H and O–H groups in total. The van der Waals surface area contributed by atoms with Crippen LogP contribution < -0.4 is 11.1 Å². The van der Waals surface area contributed by atoms with Gasteiger partial charge in [0.05, 0.1) is 0 Å². The standard InChI is InChI=1S/C8H10BrFN2/c9-7-1-2-8(10)6(3-7)4-12-5-11/h1-3,12H,4-5,11H2. The molecule has 0 unspecified atom stereocenters. The Labute approximate surface area is 79.1 Å². The summed E-state index contributed by atoms with van der Waals surface area (Å²) in [5, 5.41) is 2.85. The van der Waals surface area contributed by atoms with E-state index in [4.69, 9.17) is 5.73 Å². The minimum absolute atomic E-state index is 0.209. The molecule has 0 bridgehead atoms. The summed E-state index contributed by atoms with van der Waals surface area (Å²) < 4.78 is 13.9. The van der Waals surface area contributed by atoms with Crippen molar-refractivity contribution in [2.45, 2.75) is 6.54 Å². The fourth-order valence-corrected chi connectivity index (χ4v) is 1.29. The Morgan fingerprint density at radius 2 is 2.25 bits per heavy atom. The summed E-state index contributed by atoms with van der Waals surface area (Å²) in [7, 11) is 0. The minimum Gasteiger partial charge on any atom is -0.318 e. The van der Waals surface area contributed by atoms with Gasteiger partial charge in [0, 0.05) is 23.2 Å². The van der Waals surface area contributed by atoms with E-state index in [2.05, 4.69) is 21.2 Å². The Bertz CT molecular complexity index is 265. The van der Waals surface area contributed by atoms with Gasteiger partial charge in [-0.1, -0.05) is 15.9 Å². The Morgan fingerprint density at radius 3 is 2.92 bits per heavy atom. The maximum atomic E-state index is 13.0. The van der Waals surface area contributed by atoms with Crippen molar-refractivity contribution in [2.75, 3.05) is 6.67 Å². The van der Waals surface area contributed by atoms with E-state index < -0.39 is 0 Å². The van der Waals surface area contributed by atoms with Gasteiger partial charge in [-0.2, -0.15) is 0 Å². The zero-order valence-electron chi connectivity index (χ0n) is 6.48. The molecule has 0 aliphatic rings. The molecule has 1 aromatic rings. The highest BCUT2D eigenvalue weighted by Crippen LogP contribution is 2.14. The highest BCUT2D eigenvalue weighted by Gasteiger charge is 2.00. The molecule has 0 atom stereocenters. The van der Waals surface area contributed by atoms with Gasteiger partial charge in [0.25, 0.3) is 0 Å². The van der Waals surface area contributed by atoms with E-state index in [1.54, 1.807) is 12.1 Å². The molecule has 0 radical (unpaired) electrons. The van der Waals surface area contributed by atoms with E-state index in [9.17, 15) is 4.39 Å². The number of hydrogen-bond donors (Lipinski definition) is 2. The monoisotopic (exact) mass is 232 g/mol. The number of benzene rings is 1. The quantitative estimate of drug-likeness (QED) is 0.778. The predicted molar refractivity (Wildman–Crippen MR) is 50.0 cm³/mol. The van der Waals surface area contributed by atoms with Crippen LogP contribution in [-0.2, 0) is 6.54 Å². The molecule has 2 nitrogen and oxygen atoms in total. The molecule has 0 amide bonds. The van der Waals surface area contributed by atoms with Crippen molar-refractivity contribution in [2.24, 2.45) is 5.73 Å². The largest absolute Gasteiger partial charge is 0.318 e. The molecule has 0 heterocycles. The van der Waals surface area contributed by atoms with Gasteiger partial charge >= 0.3 is 0 Å².